The normalized spacial score (nSPS) is 12.3. The van der Waals surface area contributed by atoms with Crippen LogP contribution >= 0.6 is 0 Å². The van der Waals surface area contributed by atoms with E-state index < -0.39 is 0 Å². The van der Waals surface area contributed by atoms with Gasteiger partial charge in [0.1, 0.15) is 0 Å². The second kappa shape index (κ2) is 6.60. The van der Waals surface area contributed by atoms with Gasteiger partial charge in [-0.3, -0.25) is 0 Å². The Balaban J connectivity index is 1.50. The highest BCUT2D eigenvalue weighted by atomic mass is 15.2. The van der Waals surface area contributed by atoms with E-state index in [-0.39, 0.29) is 0 Å². The molecule has 32 heavy (non-hydrogen) atoms. The zero-order chi connectivity index (χ0) is 21.1. The average molecular weight is 409 g/mol. The van der Waals surface area contributed by atoms with E-state index in [9.17, 15) is 0 Å². The van der Waals surface area contributed by atoms with Crippen LogP contribution in [0.15, 0.2) is 121 Å². The largest absolute Gasteiger partial charge is 0.306 e. The van der Waals surface area contributed by atoms with Crippen molar-refractivity contribution >= 4 is 38.9 Å². The minimum absolute atomic E-state index is 1.17. The van der Waals surface area contributed by atoms with E-state index in [2.05, 4.69) is 131 Å². The summed E-state index contributed by atoms with van der Waals surface area (Å²) in [6.07, 6.45) is 0. The maximum Gasteiger partial charge on any atom is 0.0783 e. The van der Waals surface area contributed by atoms with Gasteiger partial charge >= 0.3 is 0 Å². The van der Waals surface area contributed by atoms with Crippen LogP contribution in [0.3, 0.4) is 0 Å². The van der Waals surface area contributed by atoms with Crippen LogP contribution in [0.1, 0.15) is 0 Å². The molecule has 2 heterocycles. The lowest BCUT2D eigenvalue weighted by atomic mass is 10.0. The minimum atomic E-state index is 1.17. The first kappa shape index (κ1) is 17.4. The van der Waals surface area contributed by atoms with Crippen LogP contribution < -0.4 is 4.90 Å². The fourth-order valence-corrected chi connectivity index (χ4v) is 5.11. The Morgan fingerprint density at radius 3 is 1.88 bits per heavy atom. The maximum absolute atomic E-state index is 2.42. The van der Waals surface area contributed by atoms with Crippen LogP contribution in [0.2, 0.25) is 0 Å². The van der Waals surface area contributed by atoms with Gasteiger partial charge in [-0.1, -0.05) is 84.9 Å². The summed E-state index contributed by atoms with van der Waals surface area (Å²) < 4.78 is 2.42. The van der Waals surface area contributed by atoms with E-state index in [1.165, 1.54) is 55.7 Å². The molecule has 150 valence electrons. The van der Waals surface area contributed by atoms with E-state index in [4.69, 9.17) is 0 Å². The first-order chi connectivity index (χ1) is 15.9. The molecule has 0 saturated heterocycles. The molecule has 1 aliphatic heterocycles. The number of fused-ring (bicyclic) bond motifs is 5. The van der Waals surface area contributed by atoms with Crippen molar-refractivity contribution in [3.63, 3.8) is 0 Å². The summed E-state index contributed by atoms with van der Waals surface area (Å²) in [6, 6.07) is 43.5. The molecule has 6 aromatic rings. The minimum Gasteiger partial charge on any atom is -0.306 e. The van der Waals surface area contributed by atoms with Crippen molar-refractivity contribution in [1.29, 1.82) is 0 Å². The van der Waals surface area contributed by atoms with Crippen LogP contribution in [-0.4, -0.2) is 4.57 Å². The van der Waals surface area contributed by atoms with E-state index in [0.29, 0.717) is 0 Å². The van der Waals surface area contributed by atoms with Gasteiger partial charge in [-0.15, -0.1) is 0 Å². The zero-order valence-electron chi connectivity index (χ0n) is 17.4. The van der Waals surface area contributed by atoms with Crippen molar-refractivity contribution in [1.82, 2.24) is 4.57 Å². The Morgan fingerprint density at radius 2 is 1.03 bits per heavy atom. The van der Waals surface area contributed by atoms with Gasteiger partial charge in [0, 0.05) is 16.5 Å². The molecule has 0 bridgehead atoms. The number of rotatable bonds is 2. The Morgan fingerprint density at radius 1 is 0.406 bits per heavy atom. The van der Waals surface area contributed by atoms with Gasteiger partial charge in [0.05, 0.1) is 28.1 Å². The van der Waals surface area contributed by atoms with Crippen molar-refractivity contribution in [2.45, 2.75) is 0 Å². The number of anilines is 3. The van der Waals surface area contributed by atoms with Gasteiger partial charge in [0.15, 0.2) is 0 Å². The third-order valence-electron chi connectivity index (χ3n) is 6.51. The van der Waals surface area contributed by atoms with Gasteiger partial charge in [0.25, 0.3) is 0 Å². The standard InChI is InChI=1S/C30H20N2/c1-2-9-21(10-3-1)22-17-19-23(20-18-22)31-27-14-6-7-15-28(27)32-26-13-5-4-11-24(26)25-12-8-16-29(31)30(25)32/h1-20H. The number of nitrogens with zero attached hydrogens (tertiary/aromatic N) is 2. The lowest BCUT2D eigenvalue weighted by Crippen LogP contribution is -2.17. The molecule has 0 spiro atoms. The molecule has 2 heteroatoms. The Kier molecular flexibility index (Phi) is 3.58. The molecule has 1 aromatic heterocycles. The summed E-state index contributed by atoms with van der Waals surface area (Å²) in [5.41, 5.74) is 9.77. The monoisotopic (exact) mass is 408 g/mol. The lowest BCUT2D eigenvalue weighted by molar-refractivity contribution is 1.11. The molecule has 0 radical (unpaired) electrons. The second-order valence-corrected chi connectivity index (χ2v) is 8.26. The fraction of sp³-hybridized carbons (Fsp3) is 0. The topological polar surface area (TPSA) is 8.17 Å². The SMILES string of the molecule is c1ccc(-c2ccc(N3c4ccccc4-n4c5ccccc5c5cccc3c54)cc2)cc1. The van der Waals surface area contributed by atoms with Crippen molar-refractivity contribution in [3.05, 3.63) is 121 Å². The molecular weight excluding hydrogens is 388 g/mol. The van der Waals surface area contributed by atoms with Crippen molar-refractivity contribution in [3.8, 4) is 16.8 Å². The lowest BCUT2D eigenvalue weighted by Gasteiger charge is -2.33. The summed E-state index contributed by atoms with van der Waals surface area (Å²) in [5, 5.41) is 2.58. The molecule has 1 aliphatic rings. The van der Waals surface area contributed by atoms with Crippen LogP contribution in [0.25, 0.3) is 38.6 Å². The smallest absolute Gasteiger partial charge is 0.0783 e. The Hall–Kier alpha value is -4.30. The summed E-state index contributed by atoms with van der Waals surface area (Å²) in [4.78, 5) is 2.39. The highest BCUT2D eigenvalue weighted by Gasteiger charge is 2.27. The van der Waals surface area contributed by atoms with Crippen molar-refractivity contribution < 1.29 is 0 Å². The maximum atomic E-state index is 2.42. The molecule has 0 N–H and O–H groups in total. The van der Waals surface area contributed by atoms with Crippen molar-refractivity contribution in [2.24, 2.45) is 0 Å². The molecular formula is C30H20N2. The Labute approximate surface area is 186 Å². The summed E-state index contributed by atoms with van der Waals surface area (Å²) in [7, 11) is 0. The van der Waals surface area contributed by atoms with Gasteiger partial charge in [-0.2, -0.15) is 0 Å². The first-order valence-electron chi connectivity index (χ1n) is 11.0. The van der Waals surface area contributed by atoms with E-state index >= 15 is 0 Å². The van der Waals surface area contributed by atoms with E-state index in [1.54, 1.807) is 0 Å². The van der Waals surface area contributed by atoms with Gasteiger partial charge in [-0.25, -0.2) is 0 Å². The highest BCUT2D eigenvalue weighted by Crippen LogP contribution is 2.49. The predicted octanol–water partition coefficient (Wildman–Crippen LogP) is 8.23. The van der Waals surface area contributed by atoms with E-state index in [1.807, 2.05) is 0 Å². The molecule has 7 rings (SSSR count). The first-order valence-corrected chi connectivity index (χ1v) is 11.0. The summed E-state index contributed by atoms with van der Waals surface area (Å²) in [5.74, 6) is 0. The molecule has 0 amide bonds. The molecule has 0 unspecified atom stereocenters. The molecule has 0 saturated carbocycles. The zero-order valence-corrected chi connectivity index (χ0v) is 17.4. The second-order valence-electron chi connectivity index (χ2n) is 8.26. The average Bonchev–Trinajstić information content (AvgIpc) is 3.21. The molecule has 5 aromatic carbocycles. The highest BCUT2D eigenvalue weighted by molar-refractivity contribution is 6.16. The quantitative estimate of drug-likeness (QED) is 0.280. The molecule has 2 nitrogen and oxygen atoms in total. The Bertz CT molecular complexity index is 1610. The van der Waals surface area contributed by atoms with Gasteiger partial charge < -0.3 is 9.47 Å². The van der Waals surface area contributed by atoms with E-state index in [0.717, 1.165) is 0 Å². The third kappa shape index (κ3) is 2.35. The third-order valence-corrected chi connectivity index (χ3v) is 6.51. The van der Waals surface area contributed by atoms with Crippen LogP contribution in [0.5, 0.6) is 0 Å². The van der Waals surface area contributed by atoms with Gasteiger partial charge in [0.2, 0.25) is 0 Å². The van der Waals surface area contributed by atoms with Crippen molar-refractivity contribution in [2.75, 3.05) is 4.90 Å². The number of hydrogen-bond acceptors (Lipinski definition) is 1. The summed E-state index contributed by atoms with van der Waals surface area (Å²) in [6.45, 7) is 0. The molecule has 0 atom stereocenters. The molecule has 0 fully saturated rings. The number of aromatic nitrogens is 1. The number of hydrogen-bond donors (Lipinski definition) is 0. The number of para-hydroxylation sites is 4. The van der Waals surface area contributed by atoms with Crippen LogP contribution in [-0.2, 0) is 0 Å². The van der Waals surface area contributed by atoms with Gasteiger partial charge in [-0.05, 0) is 47.5 Å². The predicted molar refractivity (Wildman–Crippen MR) is 134 cm³/mol. The van der Waals surface area contributed by atoms with Crippen LogP contribution in [0, 0.1) is 0 Å². The fourth-order valence-electron chi connectivity index (χ4n) is 5.11. The van der Waals surface area contributed by atoms with Crippen LogP contribution in [0.4, 0.5) is 17.1 Å². The molecule has 0 aliphatic carbocycles. The number of benzene rings is 5. The summed E-state index contributed by atoms with van der Waals surface area (Å²) >= 11 is 0.